The smallest absolute Gasteiger partial charge is 0.150 e. The summed E-state index contributed by atoms with van der Waals surface area (Å²) in [4.78, 5) is 0.823. The normalized spacial score (nSPS) is 10.2. The van der Waals surface area contributed by atoms with Crippen LogP contribution in [0.25, 0.3) is 0 Å². The van der Waals surface area contributed by atoms with Crippen LogP contribution in [0.1, 0.15) is 12.5 Å². The van der Waals surface area contributed by atoms with Gasteiger partial charge in [0.15, 0.2) is 5.82 Å². The van der Waals surface area contributed by atoms with Gasteiger partial charge in [-0.3, -0.25) is 0 Å². The van der Waals surface area contributed by atoms with E-state index >= 15 is 0 Å². The second-order valence-electron chi connectivity index (χ2n) is 4.09. The molecule has 0 amide bonds. The lowest BCUT2D eigenvalue weighted by Gasteiger charge is -2.13. The molecule has 1 N–H and O–H groups in total. The first kappa shape index (κ1) is 15.8. The molecule has 0 heterocycles. The van der Waals surface area contributed by atoms with Crippen LogP contribution >= 0.6 is 27.7 Å². The lowest BCUT2D eigenvalue weighted by Crippen LogP contribution is -1.99. The zero-order valence-electron chi connectivity index (χ0n) is 11.1. The molecule has 6 heteroatoms. The molecule has 0 aliphatic heterocycles. The second-order valence-corrected chi connectivity index (χ2v) is 6.25. The van der Waals surface area contributed by atoms with Crippen molar-refractivity contribution < 1.29 is 8.78 Å². The van der Waals surface area contributed by atoms with Crippen molar-refractivity contribution in [2.75, 3.05) is 11.1 Å². The Labute approximate surface area is 134 Å². The van der Waals surface area contributed by atoms with E-state index in [0.29, 0.717) is 11.3 Å². The van der Waals surface area contributed by atoms with E-state index in [4.69, 9.17) is 0 Å². The molecule has 2 aromatic rings. The Morgan fingerprint density at radius 2 is 2.10 bits per heavy atom. The molecule has 2 rings (SSSR count). The van der Waals surface area contributed by atoms with Crippen LogP contribution in [0.4, 0.5) is 20.2 Å². The minimum absolute atomic E-state index is 0.103. The number of rotatable bonds is 4. The fourth-order valence-corrected chi connectivity index (χ4v) is 3.12. The van der Waals surface area contributed by atoms with E-state index in [1.54, 1.807) is 12.1 Å². The molecule has 0 saturated carbocycles. The SMILES string of the molecule is CCSc1cccc(Nc2c(F)cc(F)cc2Br)c1C#N. The third-order valence-electron chi connectivity index (χ3n) is 2.70. The summed E-state index contributed by atoms with van der Waals surface area (Å²) >= 11 is 4.65. The molecule has 0 aromatic heterocycles. The largest absolute Gasteiger partial charge is 0.351 e. The van der Waals surface area contributed by atoms with Crippen molar-refractivity contribution in [3.8, 4) is 6.07 Å². The van der Waals surface area contributed by atoms with Gasteiger partial charge in [0.2, 0.25) is 0 Å². The van der Waals surface area contributed by atoms with Crippen LogP contribution in [0.2, 0.25) is 0 Å². The average molecular weight is 369 g/mol. The van der Waals surface area contributed by atoms with Gasteiger partial charge in [0.05, 0.1) is 16.9 Å². The number of hydrogen-bond donors (Lipinski definition) is 1. The highest BCUT2D eigenvalue weighted by Gasteiger charge is 2.13. The van der Waals surface area contributed by atoms with Gasteiger partial charge >= 0.3 is 0 Å². The van der Waals surface area contributed by atoms with Crippen LogP contribution in [0.3, 0.4) is 0 Å². The minimum atomic E-state index is -0.723. The number of benzene rings is 2. The van der Waals surface area contributed by atoms with Crippen molar-refractivity contribution in [2.45, 2.75) is 11.8 Å². The first-order valence-electron chi connectivity index (χ1n) is 6.14. The van der Waals surface area contributed by atoms with E-state index in [1.165, 1.54) is 17.8 Å². The third kappa shape index (κ3) is 3.55. The van der Waals surface area contributed by atoms with Crippen LogP contribution in [0.15, 0.2) is 39.7 Å². The van der Waals surface area contributed by atoms with Crippen LogP contribution < -0.4 is 5.32 Å². The first-order chi connectivity index (χ1) is 10.1. The van der Waals surface area contributed by atoms with E-state index in [2.05, 4.69) is 27.3 Å². The van der Waals surface area contributed by atoms with Crippen molar-refractivity contribution in [3.05, 3.63) is 52.0 Å². The van der Waals surface area contributed by atoms with E-state index in [9.17, 15) is 14.0 Å². The number of nitriles is 1. The van der Waals surface area contributed by atoms with Crippen molar-refractivity contribution in [1.29, 1.82) is 5.26 Å². The van der Waals surface area contributed by atoms with Crippen molar-refractivity contribution in [3.63, 3.8) is 0 Å². The fraction of sp³-hybridized carbons (Fsp3) is 0.133. The van der Waals surface area contributed by atoms with Crippen LogP contribution in [-0.4, -0.2) is 5.75 Å². The zero-order chi connectivity index (χ0) is 15.4. The van der Waals surface area contributed by atoms with Gasteiger partial charge in [0.25, 0.3) is 0 Å². The maximum absolute atomic E-state index is 13.9. The summed E-state index contributed by atoms with van der Waals surface area (Å²) in [6.07, 6.45) is 0. The maximum atomic E-state index is 13.9. The molecule has 0 saturated heterocycles. The van der Waals surface area contributed by atoms with Gasteiger partial charge < -0.3 is 5.32 Å². The molecule has 0 aliphatic carbocycles. The summed E-state index contributed by atoms with van der Waals surface area (Å²) in [6, 6.07) is 9.41. The second kappa shape index (κ2) is 6.92. The molecule has 0 radical (unpaired) electrons. The predicted molar refractivity (Wildman–Crippen MR) is 84.9 cm³/mol. The van der Waals surface area contributed by atoms with E-state index in [-0.39, 0.29) is 10.2 Å². The van der Waals surface area contributed by atoms with Crippen molar-refractivity contribution in [1.82, 2.24) is 0 Å². The van der Waals surface area contributed by atoms with Gasteiger partial charge in [-0.2, -0.15) is 5.26 Å². The van der Waals surface area contributed by atoms with Gasteiger partial charge in [0.1, 0.15) is 11.9 Å². The molecule has 2 aromatic carbocycles. The lowest BCUT2D eigenvalue weighted by molar-refractivity contribution is 0.584. The molecule has 108 valence electrons. The van der Waals surface area contributed by atoms with E-state index < -0.39 is 11.6 Å². The molecule has 0 bridgehead atoms. The number of halogens is 3. The average Bonchev–Trinajstić information content (AvgIpc) is 2.43. The fourth-order valence-electron chi connectivity index (χ4n) is 1.82. The van der Waals surface area contributed by atoms with Gasteiger partial charge in [-0.1, -0.05) is 13.0 Å². The summed E-state index contributed by atoms with van der Waals surface area (Å²) in [6.45, 7) is 1.99. The summed E-state index contributed by atoms with van der Waals surface area (Å²) in [5, 5.41) is 12.2. The van der Waals surface area contributed by atoms with Crippen molar-refractivity contribution in [2.24, 2.45) is 0 Å². The molecule has 21 heavy (non-hydrogen) atoms. The molecule has 0 unspecified atom stereocenters. The Hall–Kier alpha value is -1.58. The Kier molecular flexibility index (Phi) is 5.21. The standard InChI is InChI=1S/C15H11BrF2N2S/c1-2-21-14-5-3-4-13(10(14)8-19)20-15-11(16)6-9(17)7-12(15)18/h3-7,20H,2H2,1H3. The highest BCUT2D eigenvalue weighted by molar-refractivity contribution is 9.10. The summed E-state index contributed by atoms with van der Waals surface area (Å²) in [5.41, 5.74) is 1.04. The lowest BCUT2D eigenvalue weighted by atomic mass is 10.2. The molecular formula is C15H11BrF2N2S. The maximum Gasteiger partial charge on any atom is 0.150 e. The topological polar surface area (TPSA) is 35.8 Å². The number of thioether (sulfide) groups is 1. The van der Waals surface area contributed by atoms with Gasteiger partial charge in [-0.15, -0.1) is 11.8 Å². The Balaban J connectivity index is 2.46. The molecule has 0 atom stereocenters. The quantitative estimate of drug-likeness (QED) is 0.728. The van der Waals surface area contributed by atoms with Gasteiger partial charge in [-0.05, 0) is 39.9 Å². The highest BCUT2D eigenvalue weighted by atomic mass is 79.9. The number of nitrogens with one attached hydrogen (secondary N) is 1. The van der Waals surface area contributed by atoms with Gasteiger partial charge in [0, 0.05) is 15.4 Å². The van der Waals surface area contributed by atoms with Crippen LogP contribution in [0, 0.1) is 23.0 Å². The Morgan fingerprint density at radius 3 is 2.71 bits per heavy atom. The Bertz CT molecular complexity index is 690. The minimum Gasteiger partial charge on any atom is -0.351 e. The predicted octanol–water partition coefficient (Wildman–Crippen LogP) is 5.45. The summed E-state index contributed by atoms with van der Waals surface area (Å²) in [7, 11) is 0. The molecule has 2 nitrogen and oxygen atoms in total. The molecule has 0 spiro atoms. The van der Waals surface area contributed by atoms with Crippen LogP contribution in [-0.2, 0) is 0 Å². The van der Waals surface area contributed by atoms with Gasteiger partial charge in [-0.25, -0.2) is 8.78 Å². The molecule has 0 aliphatic rings. The summed E-state index contributed by atoms with van der Waals surface area (Å²) < 4.78 is 27.2. The van der Waals surface area contributed by atoms with Crippen molar-refractivity contribution >= 4 is 39.1 Å². The van der Waals surface area contributed by atoms with E-state index in [1.807, 2.05) is 13.0 Å². The molecule has 0 fully saturated rings. The monoisotopic (exact) mass is 368 g/mol. The number of hydrogen-bond acceptors (Lipinski definition) is 3. The molecular weight excluding hydrogens is 358 g/mol. The number of anilines is 2. The van der Waals surface area contributed by atoms with E-state index in [0.717, 1.165) is 16.7 Å². The zero-order valence-corrected chi connectivity index (χ0v) is 13.5. The number of nitrogens with zero attached hydrogens (tertiary/aromatic N) is 1. The Morgan fingerprint density at radius 1 is 1.33 bits per heavy atom. The highest BCUT2D eigenvalue weighted by Crippen LogP contribution is 2.34. The third-order valence-corrected chi connectivity index (χ3v) is 4.27. The first-order valence-corrected chi connectivity index (χ1v) is 7.92. The summed E-state index contributed by atoms with van der Waals surface area (Å²) in [5.74, 6) is -0.563. The van der Waals surface area contributed by atoms with Crippen LogP contribution in [0.5, 0.6) is 0 Å².